The maximum Gasteiger partial charge on any atom is 0.417 e. The second-order valence-electron chi connectivity index (χ2n) is 6.25. The van der Waals surface area contributed by atoms with Gasteiger partial charge in [-0.3, -0.25) is 4.98 Å². The Balaban J connectivity index is 2.44. The van der Waals surface area contributed by atoms with Gasteiger partial charge in [-0.1, -0.05) is 18.2 Å². The zero-order valence-corrected chi connectivity index (χ0v) is 12.7. The molecule has 2 rings (SSSR count). The fourth-order valence-electron chi connectivity index (χ4n) is 2.23. The lowest BCUT2D eigenvalue weighted by Gasteiger charge is -2.23. The highest BCUT2D eigenvalue weighted by Crippen LogP contribution is 2.35. The highest BCUT2D eigenvalue weighted by molar-refractivity contribution is 5.85. The Hall–Kier alpha value is -1.66. The summed E-state index contributed by atoms with van der Waals surface area (Å²) >= 11 is 0. The van der Waals surface area contributed by atoms with Gasteiger partial charge in [0.1, 0.15) is 0 Å². The molecule has 0 spiro atoms. The fraction of sp³-hybridized carbons (Fsp3) is 0.438. The van der Waals surface area contributed by atoms with E-state index in [1.807, 2.05) is 20.8 Å². The van der Waals surface area contributed by atoms with E-state index >= 15 is 0 Å². The predicted octanol–water partition coefficient (Wildman–Crippen LogP) is 3.68. The molecule has 0 aliphatic rings. The van der Waals surface area contributed by atoms with E-state index < -0.39 is 17.8 Å². The largest absolute Gasteiger partial charge is 0.417 e. The number of alkyl halides is 3. The average Bonchev–Trinajstić information content (AvgIpc) is 2.41. The number of hydrogen-bond donors (Lipinski definition) is 2. The topological polar surface area (TPSA) is 45.1 Å². The molecule has 2 N–H and O–H groups in total. The Labute approximate surface area is 127 Å². The minimum Gasteiger partial charge on any atom is -0.387 e. The van der Waals surface area contributed by atoms with E-state index in [0.717, 1.165) is 12.3 Å². The molecule has 0 fully saturated rings. The number of nitrogens with zero attached hydrogens (tertiary/aromatic N) is 1. The van der Waals surface area contributed by atoms with Crippen molar-refractivity contribution in [3.8, 4) is 0 Å². The van der Waals surface area contributed by atoms with E-state index in [-0.39, 0.29) is 23.0 Å². The zero-order valence-electron chi connectivity index (χ0n) is 12.7. The number of halogens is 3. The third-order valence-electron chi connectivity index (χ3n) is 3.29. The summed E-state index contributed by atoms with van der Waals surface area (Å²) in [7, 11) is 0. The summed E-state index contributed by atoms with van der Waals surface area (Å²) in [5.41, 5.74) is -0.368. The van der Waals surface area contributed by atoms with Crippen molar-refractivity contribution in [2.45, 2.75) is 38.6 Å². The van der Waals surface area contributed by atoms with Crippen molar-refractivity contribution >= 4 is 10.9 Å². The Morgan fingerprint density at radius 2 is 1.86 bits per heavy atom. The molecule has 120 valence electrons. The van der Waals surface area contributed by atoms with Crippen molar-refractivity contribution in [1.29, 1.82) is 0 Å². The van der Waals surface area contributed by atoms with Crippen LogP contribution in [-0.4, -0.2) is 22.2 Å². The van der Waals surface area contributed by atoms with Crippen LogP contribution in [0.1, 0.15) is 38.0 Å². The van der Waals surface area contributed by atoms with Gasteiger partial charge in [-0.2, -0.15) is 13.2 Å². The summed E-state index contributed by atoms with van der Waals surface area (Å²) in [6.45, 7) is 6.08. The van der Waals surface area contributed by atoms with Crippen molar-refractivity contribution < 1.29 is 18.3 Å². The molecule has 0 unspecified atom stereocenters. The summed E-state index contributed by atoms with van der Waals surface area (Å²) in [6, 6.07) is 5.43. The smallest absolute Gasteiger partial charge is 0.387 e. The average molecular weight is 312 g/mol. The van der Waals surface area contributed by atoms with Crippen LogP contribution in [0.2, 0.25) is 0 Å². The van der Waals surface area contributed by atoms with Gasteiger partial charge in [-0.05, 0) is 26.8 Å². The molecule has 0 bridgehead atoms. The molecule has 0 saturated heterocycles. The first-order valence-electron chi connectivity index (χ1n) is 6.97. The van der Waals surface area contributed by atoms with Gasteiger partial charge in [-0.25, -0.2) is 0 Å². The monoisotopic (exact) mass is 312 g/mol. The number of aliphatic hydroxyl groups is 1. The summed E-state index contributed by atoms with van der Waals surface area (Å²) in [5.74, 6) is 0. The van der Waals surface area contributed by atoms with E-state index in [9.17, 15) is 18.3 Å². The first-order valence-corrected chi connectivity index (χ1v) is 6.97. The summed E-state index contributed by atoms with van der Waals surface area (Å²) < 4.78 is 39.2. The van der Waals surface area contributed by atoms with Crippen molar-refractivity contribution in [3.63, 3.8) is 0 Å². The second kappa shape index (κ2) is 5.85. The number of para-hydroxylation sites is 1. The standard InChI is InChI=1S/C16H19F3N2O/c1-15(2,3)21-9-13(22)11-6-4-5-10-12(16(17,18)19)7-8-20-14(10)11/h4-8,13,21-22H,9H2,1-3H3/t13-/m0/s1. The molecule has 1 atom stereocenters. The number of nitrogens with one attached hydrogen (secondary N) is 1. The minimum absolute atomic E-state index is 0.00214. The lowest BCUT2D eigenvalue weighted by molar-refractivity contribution is -0.136. The van der Waals surface area contributed by atoms with Crippen molar-refractivity contribution in [3.05, 3.63) is 41.6 Å². The van der Waals surface area contributed by atoms with E-state index in [2.05, 4.69) is 10.3 Å². The zero-order chi connectivity index (χ0) is 16.5. The van der Waals surface area contributed by atoms with Gasteiger partial charge in [-0.15, -0.1) is 0 Å². The van der Waals surface area contributed by atoms with Crippen LogP contribution in [-0.2, 0) is 6.18 Å². The van der Waals surface area contributed by atoms with Crippen LogP contribution < -0.4 is 5.32 Å². The molecular formula is C16H19F3N2O. The molecule has 22 heavy (non-hydrogen) atoms. The SMILES string of the molecule is CC(C)(C)NC[C@H](O)c1cccc2c(C(F)(F)F)ccnc12. The summed E-state index contributed by atoms with van der Waals surface area (Å²) in [6.07, 6.45) is -4.26. The second-order valence-corrected chi connectivity index (χ2v) is 6.25. The van der Waals surface area contributed by atoms with Gasteiger partial charge in [0.15, 0.2) is 0 Å². The number of benzene rings is 1. The van der Waals surface area contributed by atoms with E-state index in [1.165, 1.54) is 12.1 Å². The van der Waals surface area contributed by atoms with Crippen LogP contribution >= 0.6 is 0 Å². The van der Waals surface area contributed by atoms with Gasteiger partial charge < -0.3 is 10.4 Å². The maximum atomic E-state index is 13.1. The quantitative estimate of drug-likeness (QED) is 0.909. The molecule has 0 aliphatic carbocycles. The van der Waals surface area contributed by atoms with Gasteiger partial charge in [0.05, 0.1) is 17.2 Å². The molecule has 1 heterocycles. The minimum atomic E-state index is -4.45. The maximum absolute atomic E-state index is 13.1. The van der Waals surface area contributed by atoms with Crippen LogP contribution in [0.5, 0.6) is 0 Å². The molecule has 1 aromatic heterocycles. The van der Waals surface area contributed by atoms with E-state index in [4.69, 9.17) is 0 Å². The first kappa shape index (κ1) is 16.7. The predicted molar refractivity (Wildman–Crippen MR) is 79.5 cm³/mol. The Morgan fingerprint density at radius 1 is 1.18 bits per heavy atom. The molecule has 0 radical (unpaired) electrons. The third-order valence-corrected chi connectivity index (χ3v) is 3.29. The van der Waals surface area contributed by atoms with E-state index in [1.54, 1.807) is 6.07 Å². The highest BCUT2D eigenvalue weighted by atomic mass is 19.4. The number of pyridine rings is 1. The van der Waals surface area contributed by atoms with E-state index in [0.29, 0.717) is 5.56 Å². The van der Waals surface area contributed by atoms with Crippen LogP contribution in [0.3, 0.4) is 0 Å². The Morgan fingerprint density at radius 3 is 2.45 bits per heavy atom. The molecule has 0 saturated carbocycles. The summed E-state index contributed by atoms with van der Waals surface area (Å²) in [5, 5.41) is 13.4. The van der Waals surface area contributed by atoms with Gasteiger partial charge in [0.25, 0.3) is 0 Å². The molecular weight excluding hydrogens is 293 g/mol. The highest BCUT2D eigenvalue weighted by Gasteiger charge is 2.33. The van der Waals surface area contributed by atoms with Gasteiger partial charge in [0, 0.05) is 29.2 Å². The van der Waals surface area contributed by atoms with Gasteiger partial charge >= 0.3 is 6.18 Å². The number of hydrogen-bond acceptors (Lipinski definition) is 3. The van der Waals surface area contributed by atoms with Crippen LogP contribution in [0.25, 0.3) is 10.9 Å². The first-order chi connectivity index (χ1) is 10.1. The van der Waals surface area contributed by atoms with Crippen molar-refractivity contribution in [2.75, 3.05) is 6.54 Å². The van der Waals surface area contributed by atoms with Crippen molar-refractivity contribution in [1.82, 2.24) is 10.3 Å². The Kier molecular flexibility index (Phi) is 4.44. The Bertz CT molecular complexity index is 662. The van der Waals surface area contributed by atoms with Gasteiger partial charge in [0.2, 0.25) is 0 Å². The molecule has 3 nitrogen and oxygen atoms in total. The lowest BCUT2D eigenvalue weighted by Crippen LogP contribution is -2.38. The number of fused-ring (bicyclic) bond motifs is 1. The lowest BCUT2D eigenvalue weighted by atomic mass is 10.0. The van der Waals surface area contributed by atoms with Crippen LogP contribution in [0, 0.1) is 0 Å². The molecule has 0 amide bonds. The number of aromatic nitrogens is 1. The van der Waals surface area contributed by atoms with Crippen molar-refractivity contribution in [2.24, 2.45) is 0 Å². The summed E-state index contributed by atoms with van der Waals surface area (Å²) in [4.78, 5) is 4.03. The number of aliphatic hydroxyl groups excluding tert-OH is 1. The molecule has 6 heteroatoms. The normalized spacial score (nSPS) is 14.3. The molecule has 1 aromatic carbocycles. The molecule has 2 aromatic rings. The fourth-order valence-corrected chi connectivity index (χ4v) is 2.23. The van der Waals surface area contributed by atoms with Crippen LogP contribution in [0.15, 0.2) is 30.5 Å². The molecule has 0 aliphatic heterocycles. The van der Waals surface area contributed by atoms with Crippen LogP contribution in [0.4, 0.5) is 13.2 Å². The number of β-amino-alcohol motifs (C(OH)–C–C–N with tert-alkyl or cyclic N) is 1. The third kappa shape index (κ3) is 3.75. The number of rotatable bonds is 3.